The number of nitriles is 1. The van der Waals surface area contributed by atoms with Gasteiger partial charge in [0.05, 0.1) is 5.39 Å². The lowest BCUT2D eigenvalue weighted by Crippen LogP contribution is -2.19. The van der Waals surface area contributed by atoms with Crippen molar-refractivity contribution in [2.24, 2.45) is 7.05 Å². The predicted octanol–water partition coefficient (Wildman–Crippen LogP) is 3.62. The van der Waals surface area contributed by atoms with Gasteiger partial charge < -0.3 is 0 Å². The van der Waals surface area contributed by atoms with Crippen molar-refractivity contribution >= 4 is 56.4 Å². The molecule has 0 spiro atoms. The van der Waals surface area contributed by atoms with Gasteiger partial charge in [0, 0.05) is 11.9 Å². The predicted molar refractivity (Wildman–Crippen MR) is 92.8 cm³/mol. The lowest BCUT2D eigenvalue weighted by Gasteiger charge is -2.06. The molecule has 0 amide bonds. The Morgan fingerprint density at radius 2 is 2.26 bits per heavy atom. The minimum Gasteiger partial charge on any atom is -0.290 e. The Hall–Kier alpha value is -1.40. The Morgan fingerprint density at radius 3 is 3.04 bits per heavy atom. The molecule has 3 aromatic rings. The van der Waals surface area contributed by atoms with Crippen molar-refractivity contribution in [3.8, 4) is 6.07 Å². The number of aromatic nitrogens is 3. The van der Waals surface area contributed by atoms with E-state index >= 15 is 0 Å². The highest BCUT2D eigenvalue weighted by molar-refractivity contribution is 8.01. The largest absolute Gasteiger partial charge is 0.290 e. The molecule has 9 heteroatoms. The van der Waals surface area contributed by atoms with Crippen molar-refractivity contribution < 1.29 is 0 Å². The first kappa shape index (κ1) is 15.1. The molecule has 5 nitrogen and oxygen atoms in total. The molecular weight excluding hydrogens is 372 g/mol. The monoisotopic (exact) mass is 380 g/mol. The SMILES string of the molecule is Cn1c(Sc2snc(Cl)c2C#N)nc2sc3c(c2c1=O)CCC3. The van der Waals surface area contributed by atoms with Gasteiger partial charge in [0.2, 0.25) is 0 Å². The van der Waals surface area contributed by atoms with E-state index < -0.39 is 0 Å². The standard InChI is InChI=1S/C14H9ClN4OS3/c1-19-12(20)9-6-3-2-4-8(6)21-11(9)17-14(19)22-13-7(5-16)10(15)18-23-13/h2-4H2,1H3. The molecule has 3 heterocycles. The first-order valence-corrected chi connectivity index (χ1v) is 9.63. The highest BCUT2D eigenvalue weighted by Crippen LogP contribution is 2.38. The van der Waals surface area contributed by atoms with Crippen molar-refractivity contribution in [2.75, 3.05) is 0 Å². The van der Waals surface area contributed by atoms with Crippen LogP contribution < -0.4 is 5.56 Å². The second-order valence-corrected chi connectivity index (χ2v) is 8.60. The second kappa shape index (κ2) is 5.60. The number of rotatable bonds is 2. The van der Waals surface area contributed by atoms with Gasteiger partial charge >= 0.3 is 0 Å². The maximum absolute atomic E-state index is 12.7. The molecule has 0 saturated carbocycles. The highest BCUT2D eigenvalue weighted by atomic mass is 35.5. The summed E-state index contributed by atoms with van der Waals surface area (Å²) in [6, 6.07) is 2.05. The summed E-state index contributed by atoms with van der Waals surface area (Å²) in [4.78, 5) is 19.5. The zero-order valence-electron chi connectivity index (χ0n) is 11.9. The summed E-state index contributed by atoms with van der Waals surface area (Å²) in [5.41, 5.74) is 1.49. The number of thiophene rings is 1. The molecule has 23 heavy (non-hydrogen) atoms. The van der Waals surface area contributed by atoms with Crippen LogP contribution in [0.5, 0.6) is 0 Å². The van der Waals surface area contributed by atoms with Gasteiger partial charge in [-0.2, -0.15) is 9.64 Å². The molecule has 0 aliphatic heterocycles. The maximum Gasteiger partial charge on any atom is 0.262 e. The first-order valence-electron chi connectivity index (χ1n) is 6.84. The summed E-state index contributed by atoms with van der Waals surface area (Å²) < 4.78 is 6.19. The molecule has 3 aromatic heterocycles. The Morgan fingerprint density at radius 1 is 1.43 bits per heavy atom. The van der Waals surface area contributed by atoms with Gasteiger partial charge in [0.1, 0.15) is 20.7 Å². The minimum atomic E-state index is -0.0222. The lowest BCUT2D eigenvalue weighted by atomic mass is 10.2. The minimum absolute atomic E-state index is 0.0222. The van der Waals surface area contributed by atoms with Gasteiger partial charge in [0.15, 0.2) is 10.3 Å². The third-order valence-electron chi connectivity index (χ3n) is 3.82. The van der Waals surface area contributed by atoms with E-state index in [1.807, 2.05) is 6.07 Å². The summed E-state index contributed by atoms with van der Waals surface area (Å²) in [5, 5.41) is 10.7. The van der Waals surface area contributed by atoms with Crippen LogP contribution in [0.3, 0.4) is 0 Å². The molecule has 4 rings (SSSR count). The fourth-order valence-corrected chi connectivity index (χ4v) is 6.10. The van der Waals surface area contributed by atoms with E-state index in [9.17, 15) is 10.1 Å². The van der Waals surface area contributed by atoms with Gasteiger partial charge in [-0.05, 0) is 48.1 Å². The van der Waals surface area contributed by atoms with Gasteiger partial charge in [-0.15, -0.1) is 11.3 Å². The number of aryl methyl sites for hydroxylation is 2. The Balaban J connectivity index is 1.87. The Labute approximate surface area is 148 Å². The molecule has 0 bridgehead atoms. The van der Waals surface area contributed by atoms with Crippen molar-refractivity contribution in [1.29, 1.82) is 5.26 Å². The van der Waals surface area contributed by atoms with Gasteiger partial charge in [0.25, 0.3) is 5.56 Å². The lowest BCUT2D eigenvalue weighted by molar-refractivity contribution is 0.727. The second-order valence-electron chi connectivity index (χ2n) is 5.15. The highest BCUT2D eigenvalue weighted by Gasteiger charge is 2.23. The fraction of sp³-hybridized carbons (Fsp3) is 0.286. The number of halogens is 1. The Bertz CT molecular complexity index is 1040. The molecular formula is C14H9ClN4OS3. The smallest absolute Gasteiger partial charge is 0.262 e. The van der Waals surface area contributed by atoms with Crippen molar-refractivity contribution in [3.05, 3.63) is 31.5 Å². The number of hydrogen-bond acceptors (Lipinski definition) is 7. The Kier molecular flexibility index (Phi) is 3.69. The normalized spacial score (nSPS) is 13.4. The zero-order valence-corrected chi connectivity index (χ0v) is 15.1. The van der Waals surface area contributed by atoms with E-state index in [2.05, 4.69) is 9.36 Å². The molecule has 116 valence electrons. The third kappa shape index (κ3) is 2.31. The summed E-state index contributed by atoms with van der Waals surface area (Å²) >= 11 is 9.92. The van der Waals surface area contributed by atoms with Crippen LogP contribution in [0.1, 0.15) is 22.4 Å². The number of nitrogens with zero attached hydrogens (tertiary/aromatic N) is 4. The fourth-order valence-electron chi connectivity index (χ4n) is 2.70. The molecule has 0 atom stereocenters. The first-order chi connectivity index (χ1) is 11.1. The molecule has 0 radical (unpaired) electrons. The number of hydrogen-bond donors (Lipinski definition) is 0. The topological polar surface area (TPSA) is 71.6 Å². The van der Waals surface area contributed by atoms with E-state index in [-0.39, 0.29) is 10.7 Å². The van der Waals surface area contributed by atoms with Crippen LogP contribution in [0, 0.1) is 11.3 Å². The molecule has 0 N–H and O–H groups in total. The van der Waals surface area contributed by atoms with Gasteiger partial charge in [-0.3, -0.25) is 9.36 Å². The van der Waals surface area contributed by atoms with Crippen molar-refractivity contribution in [1.82, 2.24) is 13.9 Å². The average Bonchev–Trinajstić information content (AvgIpc) is 3.19. The van der Waals surface area contributed by atoms with Gasteiger partial charge in [-0.25, -0.2) is 4.98 Å². The van der Waals surface area contributed by atoms with Crippen LogP contribution in [0.2, 0.25) is 5.15 Å². The quantitative estimate of drug-likeness (QED) is 0.635. The summed E-state index contributed by atoms with van der Waals surface area (Å²) in [6.07, 6.45) is 3.11. The molecule has 0 fully saturated rings. The van der Waals surface area contributed by atoms with Crippen LogP contribution in [0.15, 0.2) is 14.2 Å². The maximum atomic E-state index is 12.7. The van der Waals surface area contributed by atoms with Gasteiger partial charge in [-0.1, -0.05) is 11.6 Å². The molecule has 0 aromatic carbocycles. The van der Waals surface area contributed by atoms with Crippen LogP contribution >= 0.6 is 46.2 Å². The summed E-state index contributed by atoms with van der Waals surface area (Å²) in [7, 11) is 1.71. The van der Waals surface area contributed by atoms with Crippen LogP contribution in [0.25, 0.3) is 10.2 Å². The number of fused-ring (bicyclic) bond motifs is 3. The van der Waals surface area contributed by atoms with Crippen LogP contribution in [-0.4, -0.2) is 13.9 Å². The van der Waals surface area contributed by atoms with Crippen LogP contribution in [-0.2, 0) is 19.9 Å². The van der Waals surface area contributed by atoms with E-state index in [4.69, 9.17) is 11.6 Å². The average molecular weight is 381 g/mol. The van der Waals surface area contributed by atoms with Crippen molar-refractivity contribution in [2.45, 2.75) is 28.6 Å². The third-order valence-corrected chi connectivity index (χ3v) is 7.43. The van der Waals surface area contributed by atoms with Crippen LogP contribution in [0.4, 0.5) is 0 Å². The molecule has 0 saturated heterocycles. The molecule has 1 aliphatic carbocycles. The zero-order chi connectivity index (χ0) is 16.1. The van der Waals surface area contributed by atoms with E-state index in [1.54, 1.807) is 23.0 Å². The summed E-state index contributed by atoms with van der Waals surface area (Å²) in [6.45, 7) is 0. The molecule has 1 aliphatic rings. The molecule has 0 unspecified atom stereocenters. The van der Waals surface area contributed by atoms with Crippen molar-refractivity contribution in [3.63, 3.8) is 0 Å². The van der Waals surface area contributed by atoms with E-state index in [1.165, 1.54) is 22.2 Å². The van der Waals surface area contributed by atoms with E-state index in [0.717, 1.165) is 41.0 Å². The summed E-state index contributed by atoms with van der Waals surface area (Å²) in [5.74, 6) is 0. The van der Waals surface area contributed by atoms with E-state index in [0.29, 0.717) is 14.9 Å².